The maximum Gasteiger partial charge on any atom is 0.300 e. The van der Waals surface area contributed by atoms with Crippen LogP contribution < -0.4 is 0 Å². The Morgan fingerprint density at radius 2 is 1.87 bits per heavy atom. The van der Waals surface area contributed by atoms with Gasteiger partial charge in [-0.2, -0.15) is 12.7 Å². The molecule has 1 aromatic carbocycles. The maximum atomic E-state index is 11.1. The summed E-state index contributed by atoms with van der Waals surface area (Å²) in [5.41, 5.74) is 0.728. The van der Waals surface area contributed by atoms with Crippen LogP contribution in [0.2, 0.25) is 5.02 Å². The average Bonchev–Trinajstić information content (AvgIpc) is 2.15. The van der Waals surface area contributed by atoms with E-state index in [1.165, 1.54) is 7.05 Å². The van der Waals surface area contributed by atoms with Crippen LogP contribution in [0.5, 0.6) is 0 Å². The van der Waals surface area contributed by atoms with E-state index < -0.39 is 9.24 Å². The van der Waals surface area contributed by atoms with Crippen LogP contribution in [-0.4, -0.2) is 19.8 Å². The molecule has 0 bridgehead atoms. The first-order valence-corrected chi connectivity index (χ1v) is 6.90. The molecule has 0 aliphatic heterocycles. The SMILES string of the molecule is CC(c1ccccc1Cl)N(C)S(=O)(=O)Cl. The molecular weight excluding hydrogens is 257 g/mol. The first kappa shape index (κ1) is 12.8. The molecule has 1 aromatic rings. The second-order valence-electron chi connectivity index (χ2n) is 3.16. The minimum atomic E-state index is -3.72. The molecular formula is C9H11Cl2NO2S. The normalized spacial score (nSPS) is 14.2. The van der Waals surface area contributed by atoms with Crippen LogP contribution in [0.25, 0.3) is 0 Å². The van der Waals surface area contributed by atoms with Crippen LogP contribution in [0.4, 0.5) is 0 Å². The Labute approximate surface area is 99.2 Å². The number of nitrogens with zero attached hydrogens (tertiary/aromatic N) is 1. The summed E-state index contributed by atoms with van der Waals surface area (Å²) in [4.78, 5) is 0. The minimum Gasteiger partial charge on any atom is -0.195 e. The lowest BCUT2D eigenvalue weighted by atomic mass is 10.1. The molecule has 84 valence electrons. The summed E-state index contributed by atoms with van der Waals surface area (Å²) in [6.45, 7) is 1.72. The van der Waals surface area contributed by atoms with Crippen molar-refractivity contribution in [3.63, 3.8) is 0 Å². The summed E-state index contributed by atoms with van der Waals surface area (Å²) in [5.74, 6) is 0. The highest BCUT2D eigenvalue weighted by Crippen LogP contribution is 2.28. The van der Waals surface area contributed by atoms with Crippen molar-refractivity contribution in [2.45, 2.75) is 13.0 Å². The third-order valence-corrected chi connectivity index (χ3v) is 4.25. The Morgan fingerprint density at radius 3 is 2.33 bits per heavy atom. The van der Waals surface area contributed by atoms with Crippen LogP contribution >= 0.6 is 22.3 Å². The van der Waals surface area contributed by atoms with Gasteiger partial charge in [-0.25, -0.2) is 0 Å². The smallest absolute Gasteiger partial charge is 0.195 e. The lowest BCUT2D eigenvalue weighted by Gasteiger charge is -2.22. The van der Waals surface area contributed by atoms with E-state index in [4.69, 9.17) is 22.3 Å². The fraction of sp³-hybridized carbons (Fsp3) is 0.333. The summed E-state index contributed by atoms with van der Waals surface area (Å²) < 4.78 is 23.3. The van der Waals surface area contributed by atoms with E-state index in [9.17, 15) is 8.42 Å². The fourth-order valence-electron chi connectivity index (χ4n) is 1.20. The van der Waals surface area contributed by atoms with Gasteiger partial charge in [-0.1, -0.05) is 29.8 Å². The summed E-state index contributed by atoms with van der Waals surface area (Å²) in [7, 11) is 2.93. The van der Waals surface area contributed by atoms with Gasteiger partial charge < -0.3 is 0 Å². The van der Waals surface area contributed by atoms with Crippen molar-refractivity contribution in [2.24, 2.45) is 0 Å². The van der Waals surface area contributed by atoms with Crippen LogP contribution in [-0.2, 0) is 9.24 Å². The molecule has 0 aromatic heterocycles. The first-order chi connectivity index (χ1) is 6.84. The molecule has 1 unspecified atom stereocenters. The second-order valence-corrected chi connectivity index (χ2v) is 6.13. The largest absolute Gasteiger partial charge is 0.300 e. The number of rotatable bonds is 3. The fourth-order valence-corrected chi connectivity index (χ4v) is 2.34. The summed E-state index contributed by atoms with van der Waals surface area (Å²) >= 11 is 5.95. The van der Waals surface area contributed by atoms with E-state index in [-0.39, 0.29) is 6.04 Å². The van der Waals surface area contributed by atoms with Gasteiger partial charge in [0.15, 0.2) is 0 Å². The molecule has 0 saturated heterocycles. The number of hydrogen-bond acceptors (Lipinski definition) is 2. The van der Waals surface area contributed by atoms with Gasteiger partial charge in [-0.05, 0) is 18.6 Å². The number of benzene rings is 1. The minimum absolute atomic E-state index is 0.388. The predicted octanol–water partition coefficient (Wildman–Crippen LogP) is 2.82. The Morgan fingerprint density at radius 1 is 1.33 bits per heavy atom. The van der Waals surface area contributed by atoms with Crippen molar-refractivity contribution in [1.29, 1.82) is 0 Å². The molecule has 0 fully saturated rings. The van der Waals surface area contributed by atoms with Crippen LogP contribution in [0.1, 0.15) is 18.5 Å². The van der Waals surface area contributed by atoms with Crippen LogP contribution in [0, 0.1) is 0 Å². The maximum absolute atomic E-state index is 11.1. The lowest BCUT2D eigenvalue weighted by molar-refractivity contribution is 0.408. The van der Waals surface area contributed by atoms with Gasteiger partial charge in [0.25, 0.3) is 9.24 Å². The van der Waals surface area contributed by atoms with Crippen LogP contribution in [0.15, 0.2) is 24.3 Å². The third kappa shape index (κ3) is 3.08. The zero-order valence-electron chi connectivity index (χ0n) is 8.31. The molecule has 1 rings (SSSR count). The first-order valence-electron chi connectivity index (χ1n) is 4.26. The van der Waals surface area contributed by atoms with Gasteiger partial charge in [0.2, 0.25) is 0 Å². The van der Waals surface area contributed by atoms with E-state index in [0.717, 1.165) is 9.87 Å². The monoisotopic (exact) mass is 267 g/mol. The summed E-state index contributed by atoms with van der Waals surface area (Å²) in [6.07, 6.45) is 0. The van der Waals surface area contributed by atoms with E-state index in [0.29, 0.717) is 5.02 Å². The molecule has 3 nitrogen and oxygen atoms in total. The van der Waals surface area contributed by atoms with Crippen molar-refractivity contribution in [2.75, 3.05) is 7.05 Å². The zero-order valence-corrected chi connectivity index (χ0v) is 10.6. The third-order valence-electron chi connectivity index (χ3n) is 2.24. The van der Waals surface area contributed by atoms with Crippen molar-refractivity contribution in [1.82, 2.24) is 4.31 Å². The van der Waals surface area contributed by atoms with Gasteiger partial charge in [-0.3, -0.25) is 0 Å². The van der Waals surface area contributed by atoms with Gasteiger partial charge in [-0.15, -0.1) is 0 Å². The Bertz CT molecular complexity index is 447. The highest BCUT2D eigenvalue weighted by atomic mass is 35.7. The molecule has 0 spiro atoms. The highest BCUT2D eigenvalue weighted by Gasteiger charge is 2.23. The summed E-state index contributed by atoms with van der Waals surface area (Å²) in [6, 6.07) is 6.68. The van der Waals surface area contributed by atoms with Gasteiger partial charge >= 0.3 is 0 Å². The van der Waals surface area contributed by atoms with Gasteiger partial charge in [0.05, 0.1) is 0 Å². The van der Waals surface area contributed by atoms with E-state index in [1.54, 1.807) is 31.2 Å². The highest BCUT2D eigenvalue weighted by molar-refractivity contribution is 8.11. The zero-order chi connectivity index (χ0) is 11.6. The standard InChI is InChI=1S/C9H11Cl2NO2S/c1-7(12(2)15(11,13)14)8-5-3-4-6-9(8)10/h3-7H,1-2H3. The number of hydrogen-bond donors (Lipinski definition) is 0. The van der Waals surface area contributed by atoms with Crippen molar-refractivity contribution < 1.29 is 8.42 Å². The quantitative estimate of drug-likeness (QED) is 0.790. The molecule has 6 heteroatoms. The number of halogens is 2. The molecule has 0 N–H and O–H groups in total. The second kappa shape index (κ2) is 4.70. The summed E-state index contributed by atoms with van der Waals surface area (Å²) in [5, 5.41) is 0.525. The average molecular weight is 268 g/mol. The predicted molar refractivity (Wildman–Crippen MR) is 62.4 cm³/mol. The van der Waals surface area contributed by atoms with E-state index >= 15 is 0 Å². The van der Waals surface area contributed by atoms with Crippen molar-refractivity contribution in [3.05, 3.63) is 34.9 Å². The molecule has 1 atom stereocenters. The van der Waals surface area contributed by atoms with E-state index in [1.807, 2.05) is 0 Å². The lowest BCUT2D eigenvalue weighted by Crippen LogP contribution is -2.25. The Kier molecular flexibility index (Phi) is 4.00. The topological polar surface area (TPSA) is 37.4 Å². The van der Waals surface area contributed by atoms with Crippen molar-refractivity contribution >= 4 is 31.5 Å². The van der Waals surface area contributed by atoms with Crippen molar-refractivity contribution in [3.8, 4) is 0 Å². The molecule has 0 saturated carbocycles. The van der Waals surface area contributed by atoms with Gasteiger partial charge in [0.1, 0.15) is 0 Å². The van der Waals surface area contributed by atoms with Crippen LogP contribution in [0.3, 0.4) is 0 Å². The molecule has 0 radical (unpaired) electrons. The molecule has 0 aliphatic rings. The Balaban J connectivity index is 3.06. The molecule has 0 aliphatic carbocycles. The molecule has 15 heavy (non-hydrogen) atoms. The van der Waals surface area contributed by atoms with Gasteiger partial charge in [0, 0.05) is 28.8 Å². The van der Waals surface area contributed by atoms with E-state index in [2.05, 4.69) is 0 Å². The molecule has 0 heterocycles. The Hall–Kier alpha value is -0.290. The molecule has 0 amide bonds.